The third-order valence-corrected chi connectivity index (χ3v) is 10.3. The van der Waals surface area contributed by atoms with E-state index < -0.39 is 51.1 Å². The first-order chi connectivity index (χ1) is 25.1. The number of unbranched alkanes of at least 4 members (excludes halogenated alkanes) is 26. The van der Waals surface area contributed by atoms with E-state index in [0.29, 0.717) is 12.8 Å². The molecular weight excluding hydrogens is 708 g/mol. The van der Waals surface area contributed by atoms with Gasteiger partial charge in [-0.3, -0.25) is 18.9 Å². The van der Waals surface area contributed by atoms with Crippen LogP contribution in [-0.2, 0) is 37.5 Å². The van der Waals surface area contributed by atoms with Crippen LogP contribution in [0.5, 0.6) is 0 Å². The number of aliphatic carboxylic acids is 1. The number of hydrogen-bond donors (Lipinski definition) is 2. The molecule has 0 spiro atoms. The average Bonchev–Trinajstić information content (AvgIpc) is 3.12. The molecule has 308 valence electrons. The SMILES string of the molecule is CCCCCCCCCCCCCCCCC(=O)OC[C@H](COP(=O)([O-])OC[C@H](N)C(=O)O)OC(=O)CCCCCCCCCCCCCCCC.[Na+]. The van der Waals surface area contributed by atoms with E-state index in [4.69, 9.17) is 24.8 Å². The summed E-state index contributed by atoms with van der Waals surface area (Å²) in [6.07, 6.45) is 32.8. The summed E-state index contributed by atoms with van der Waals surface area (Å²) in [5, 5.41) is 8.85. The summed E-state index contributed by atoms with van der Waals surface area (Å²) in [5.41, 5.74) is 5.30. The Bertz CT molecular complexity index is 913. The molecule has 0 saturated carbocycles. The Labute approximate surface area is 345 Å². The fraction of sp³-hybridized carbons (Fsp3) is 0.925. The van der Waals surface area contributed by atoms with Crippen molar-refractivity contribution < 1.29 is 77.0 Å². The van der Waals surface area contributed by atoms with Crippen LogP contribution in [0.15, 0.2) is 0 Å². The van der Waals surface area contributed by atoms with Crippen molar-refractivity contribution >= 4 is 25.7 Å². The van der Waals surface area contributed by atoms with Crippen LogP contribution in [0.1, 0.15) is 206 Å². The third-order valence-electron chi connectivity index (χ3n) is 9.35. The first-order valence-corrected chi connectivity index (χ1v) is 22.5. The van der Waals surface area contributed by atoms with Gasteiger partial charge in [-0.1, -0.05) is 181 Å². The van der Waals surface area contributed by atoms with E-state index in [1.54, 1.807) is 0 Å². The maximum absolute atomic E-state index is 12.6. The zero-order valence-corrected chi connectivity index (χ0v) is 37.0. The molecule has 0 bridgehead atoms. The Morgan fingerprint density at radius 2 is 0.868 bits per heavy atom. The first kappa shape index (κ1) is 54.6. The quantitative estimate of drug-likeness (QED) is 0.0281. The third kappa shape index (κ3) is 39.5. The van der Waals surface area contributed by atoms with E-state index in [9.17, 15) is 23.8 Å². The second-order valence-electron chi connectivity index (χ2n) is 14.5. The Morgan fingerprint density at radius 1 is 0.547 bits per heavy atom. The van der Waals surface area contributed by atoms with Crippen LogP contribution in [0.3, 0.4) is 0 Å². The normalized spacial score (nSPS) is 13.5. The molecule has 1 unspecified atom stereocenters. The monoisotopic (exact) mass is 786 g/mol. The maximum atomic E-state index is 12.6. The van der Waals surface area contributed by atoms with Gasteiger partial charge in [0.15, 0.2) is 6.10 Å². The smallest absolute Gasteiger partial charge is 0.756 e. The number of phosphoric ester groups is 1. The number of nitrogens with two attached hydrogens (primary N) is 1. The van der Waals surface area contributed by atoms with E-state index in [0.717, 1.165) is 38.5 Å². The number of carbonyl (C=O) groups excluding carboxylic acids is 2. The van der Waals surface area contributed by atoms with Crippen molar-refractivity contribution in [2.75, 3.05) is 19.8 Å². The van der Waals surface area contributed by atoms with Crippen molar-refractivity contribution in [1.29, 1.82) is 0 Å². The van der Waals surface area contributed by atoms with Crippen LogP contribution >= 0.6 is 7.82 Å². The van der Waals surface area contributed by atoms with Crippen molar-refractivity contribution in [3.63, 3.8) is 0 Å². The van der Waals surface area contributed by atoms with Crippen molar-refractivity contribution in [2.45, 2.75) is 219 Å². The molecule has 0 aliphatic rings. The van der Waals surface area contributed by atoms with Gasteiger partial charge in [-0.25, -0.2) is 0 Å². The molecule has 0 heterocycles. The van der Waals surface area contributed by atoms with Gasteiger partial charge in [-0.05, 0) is 12.8 Å². The van der Waals surface area contributed by atoms with Crippen molar-refractivity contribution in [1.82, 2.24) is 0 Å². The van der Waals surface area contributed by atoms with E-state index >= 15 is 0 Å². The Kier molecular flexibility index (Phi) is 40.9. The standard InChI is InChI=1S/C40H78NO10P.Na/c1-3-5-7-9-11-13-15-17-19-21-23-25-27-29-31-38(42)48-33-36(34-49-52(46,47)50-35-37(41)40(44)45)51-39(43)32-30-28-26-24-22-20-18-16-14-12-10-8-6-4-2;/h36-37H,3-35,41H2,1-2H3,(H,44,45)(H,46,47);/q;+1/p-1/t36-,37+;/m1./s1. The molecule has 3 N–H and O–H groups in total. The van der Waals surface area contributed by atoms with Gasteiger partial charge < -0.3 is 34.3 Å². The molecule has 0 fully saturated rings. The zero-order valence-electron chi connectivity index (χ0n) is 34.1. The van der Waals surface area contributed by atoms with Gasteiger partial charge in [-0.15, -0.1) is 0 Å². The molecule has 0 rings (SSSR count). The largest absolute Gasteiger partial charge is 1.00 e. The second kappa shape index (κ2) is 39.7. The van der Waals surface area contributed by atoms with Crippen LogP contribution in [0.25, 0.3) is 0 Å². The number of hydrogen-bond acceptors (Lipinski definition) is 10. The summed E-state index contributed by atoms with van der Waals surface area (Å²) >= 11 is 0. The molecule has 11 nitrogen and oxygen atoms in total. The molecule has 0 aromatic heterocycles. The van der Waals surface area contributed by atoms with E-state index in [2.05, 4.69) is 18.4 Å². The summed E-state index contributed by atoms with van der Waals surface area (Å²) in [7, 11) is -4.95. The summed E-state index contributed by atoms with van der Waals surface area (Å²) in [5.74, 6) is -2.42. The topological polar surface area (TPSA) is 175 Å². The van der Waals surface area contributed by atoms with Gasteiger partial charge in [-0.2, -0.15) is 0 Å². The van der Waals surface area contributed by atoms with Crippen molar-refractivity contribution in [3.05, 3.63) is 0 Å². The predicted octanol–water partition coefficient (Wildman–Crippen LogP) is 7.10. The Morgan fingerprint density at radius 3 is 1.23 bits per heavy atom. The van der Waals surface area contributed by atoms with Crippen LogP contribution in [0.4, 0.5) is 0 Å². The van der Waals surface area contributed by atoms with Crippen molar-refractivity contribution in [2.24, 2.45) is 5.73 Å². The molecule has 53 heavy (non-hydrogen) atoms. The molecule has 3 atom stereocenters. The molecule has 13 heteroatoms. The molecule has 0 aromatic carbocycles. The van der Waals surface area contributed by atoms with Gasteiger partial charge in [0.25, 0.3) is 7.82 Å². The second-order valence-corrected chi connectivity index (χ2v) is 15.9. The van der Waals surface area contributed by atoms with Gasteiger partial charge >= 0.3 is 47.5 Å². The first-order valence-electron chi connectivity index (χ1n) is 21.0. The Hall–Kier alpha value is -0.520. The molecule has 0 aliphatic heterocycles. The summed E-state index contributed by atoms with van der Waals surface area (Å²) in [6, 6.07) is -1.56. The van der Waals surface area contributed by atoms with Crippen LogP contribution in [0, 0.1) is 0 Å². The molecule has 0 aromatic rings. The predicted molar refractivity (Wildman–Crippen MR) is 206 cm³/mol. The number of carbonyl (C=O) groups is 3. The van der Waals surface area contributed by atoms with Gasteiger partial charge in [0.05, 0.1) is 13.2 Å². The minimum Gasteiger partial charge on any atom is -0.756 e. The zero-order chi connectivity index (χ0) is 38.5. The van der Waals surface area contributed by atoms with E-state index in [1.165, 1.54) is 128 Å². The number of esters is 2. The van der Waals surface area contributed by atoms with Gasteiger partial charge in [0.2, 0.25) is 0 Å². The fourth-order valence-electron chi connectivity index (χ4n) is 6.00. The molecule has 0 amide bonds. The molecule has 0 saturated heterocycles. The minimum absolute atomic E-state index is 0. The van der Waals surface area contributed by atoms with E-state index in [-0.39, 0.29) is 49.0 Å². The summed E-state index contributed by atoms with van der Waals surface area (Å²) in [4.78, 5) is 48.0. The van der Waals surface area contributed by atoms with Gasteiger partial charge in [0, 0.05) is 12.8 Å². The van der Waals surface area contributed by atoms with Crippen molar-refractivity contribution in [3.8, 4) is 0 Å². The number of rotatable bonds is 40. The van der Waals surface area contributed by atoms with E-state index in [1.807, 2.05) is 0 Å². The number of carboxylic acid groups (broad SMARTS) is 1. The molecular formula is C40H77NNaO10P. The van der Waals surface area contributed by atoms with Crippen LogP contribution in [0.2, 0.25) is 0 Å². The fourth-order valence-corrected chi connectivity index (χ4v) is 6.77. The number of ether oxygens (including phenoxy) is 2. The summed E-state index contributed by atoms with van der Waals surface area (Å²) < 4.78 is 32.3. The summed E-state index contributed by atoms with van der Waals surface area (Å²) in [6.45, 7) is 2.66. The number of carboxylic acids is 1. The average molecular weight is 786 g/mol. The number of phosphoric acid groups is 1. The Balaban J connectivity index is 0. The van der Waals surface area contributed by atoms with Crippen LogP contribution in [-0.4, -0.2) is 55.0 Å². The maximum Gasteiger partial charge on any atom is 1.00 e. The van der Waals surface area contributed by atoms with Gasteiger partial charge in [0.1, 0.15) is 12.6 Å². The minimum atomic E-state index is -4.95. The molecule has 0 radical (unpaired) electrons. The molecule has 0 aliphatic carbocycles. The van der Waals surface area contributed by atoms with Crippen LogP contribution < -0.4 is 40.2 Å².